The summed E-state index contributed by atoms with van der Waals surface area (Å²) in [4.78, 5) is 14.7. The van der Waals surface area contributed by atoms with E-state index in [9.17, 15) is 4.79 Å². The summed E-state index contributed by atoms with van der Waals surface area (Å²) in [7, 11) is 1.70. The van der Waals surface area contributed by atoms with E-state index in [1.807, 2.05) is 0 Å². The number of carbonyl (C=O) groups excluding carboxylic acids is 1. The van der Waals surface area contributed by atoms with Crippen LogP contribution >= 0.6 is 0 Å². The molecule has 18 heavy (non-hydrogen) atoms. The van der Waals surface area contributed by atoms with Gasteiger partial charge in [0.25, 0.3) is 0 Å². The first kappa shape index (κ1) is 13.8. The third-order valence-corrected chi connectivity index (χ3v) is 4.45. The van der Waals surface area contributed by atoms with Gasteiger partial charge in [-0.15, -0.1) is 0 Å². The van der Waals surface area contributed by atoms with Crippen molar-refractivity contribution < 1.29 is 9.53 Å². The van der Waals surface area contributed by atoms with Gasteiger partial charge < -0.3 is 15.0 Å². The molecule has 3 unspecified atom stereocenters. The van der Waals surface area contributed by atoms with Gasteiger partial charge in [-0.05, 0) is 38.1 Å². The van der Waals surface area contributed by atoms with Crippen LogP contribution in [-0.2, 0) is 9.53 Å². The smallest absolute Gasteiger partial charge is 0.227 e. The van der Waals surface area contributed by atoms with Crippen LogP contribution in [0.25, 0.3) is 0 Å². The first-order chi connectivity index (χ1) is 8.65. The Hall–Kier alpha value is -0.610. The molecule has 1 aliphatic carbocycles. The average molecular weight is 254 g/mol. The highest BCUT2D eigenvalue weighted by molar-refractivity contribution is 5.80. The minimum atomic E-state index is 0.156. The second kappa shape index (κ2) is 6.02. The molecular weight excluding hydrogens is 228 g/mol. The van der Waals surface area contributed by atoms with Crippen molar-refractivity contribution in [1.29, 1.82) is 0 Å². The molecule has 0 spiro atoms. The van der Waals surface area contributed by atoms with E-state index in [0.29, 0.717) is 24.5 Å². The maximum Gasteiger partial charge on any atom is 0.227 e. The van der Waals surface area contributed by atoms with Gasteiger partial charge in [-0.1, -0.05) is 6.92 Å². The fraction of sp³-hybridized carbons (Fsp3) is 0.929. The van der Waals surface area contributed by atoms with Crippen molar-refractivity contribution in [2.45, 2.75) is 32.7 Å². The van der Waals surface area contributed by atoms with Gasteiger partial charge in [-0.3, -0.25) is 4.79 Å². The summed E-state index contributed by atoms with van der Waals surface area (Å²) in [6.45, 7) is 7.53. The van der Waals surface area contributed by atoms with E-state index in [4.69, 9.17) is 4.74 Å². The van der Waals surface area contributed by atoms with Crippen LogP contribution in [0.1, 0.15) is 26.7 Å². The van der Waals surface area contributed by atoms with E-state index < -0.39 is 0 Å². The lowest BCUT2D eigenvalue weighted by Gasteiger charge is -2.32. The van der Waals surface area contributed by atoms with Gasteiger partial charge in [0.05, 0.1) is 12.5 Å². The lowest BCUT2D eigenvalue weighted by molar-refractivity contribution is -0.139. The largest absolute Gasteiger partial charge is 0.383 e. The van der Waals surface area contributed by atoms with Crippen LogP contribution in [0.3, 0.4) is 0 Å². The maximum atomic E-state index is 12.7. The Balaban J connectivity index is 1.99. The number of amides is 1. The van der Waals surface area contributed by atoms with Crippen molar-refractivity contribution in [2.75, 3.05) is 33.4 Å². The molecule has 1 saturated heterocycles. The van der Waals surface area contributed by atoms with Crippen molar-refractivity contribution in [3.8, 4) is 0 Å². The lowest BCUT2D eigenvalue weighted by atomic mass is 9.95. The van der Waals surface area contributed by atoms with Crippen molar-refractivity contribution in [1.82, 2.24) is 10.2 Å². The van der Waals surface area contributed by atoms with E-state index in [1.54, 1.807) is 7.11 Å². The molecule has 0 aromatic carbocycles. The molecule has 1 heterocycles. The summed E-state index contributed by atoms with van der Waals surface area (Å²) < 4.78 is 5.15. The predicted molar refractivity (Wildman–Crippen MR) is 71.3 cm³/mol. The summed E-state index contributed by atoms with van der Waals surface area (Å²) in [5.41, 5.74) is 0. The number of methoxy groups -OCH3 is 1. The zero-order chi connectivity index (χ0) is 13.1. The average Bonchev–Trinajstić information content (AvgIpc) is 3.12. The van der Waals surface area contributed by atoms with Crippen LogP contribution in [0.2, 0.25) is 0 Å². The molecule has 3 atom stereocenters. The molecule has 4 nitrogen and oxygen atoms in total. The van der Waals surface area contributed by atoms with Gasteiger partial charge in [0, 0.05) is 26.2 Å². The summed E-state index contributed by atoms with van der Waals surface area (Å²) in [6.07, 6.45) is 2.55. The fourth-order valence-electron chi connectivity index (χ4n) is 2.89. The number of nitrogens with one attached hydrogen (secondary N) is 1. The standard InChI is InChI=1S/C14H26N2O2/c1-10-8-15-9-13(10)14(17)16(6-7-18-3)11(2)12-4-5-12/h10-13,15H,4-9H2,1-3H3. The molecular formula is C14H26N2O2. The molecule has 104 valence electrons. The van der Waals surface area contributed by atoms with Crippen molar-refractivity contribution >= 4 is 5.91 Å². The molecule has 2 aliphatic rings. The van der Waals surface area contributed by atoms with E-state index >= 15 is 0 Å². The monoisotopic (exact) mass is 254 g/mol. The Kier molecular flexibility index (Phi) is 4.62. The first-order valence-corrected chi connectivity index (χ1v) is 7.15. The Morgan fingerprint density at radius 1 is 1.44 bits per heavy atom. The molecule has 4 heteroatoms. The normalized spacial score (nSPS) is 29.3. The number of rotatable bonds is 6. The third-order valence-electron chi connectivity index (χ3n) is 4.45. The van der Waals surface area contributed by atoms with Crippen LogP contribution in [0.5, 0.6) is 0 Å². The second-order valence-electron chi connectivity index (χ2n) is 5.84. The summed E-state index contributed by atoms with van der Waals surface area (Å²) in [5.74, 6) is 1.65. The lowest BCUT2D eigenvalue weighted by Crippen LogP contribution is -2.46. The highest BCUT2D eigenvalue weighted by Gasteiger charge is 2.38. The molecule has 0 aromatic rings. The van der Waals surface area contributed by atoms with Gasteiger partial charge in [0.1, 0.15) is 0 Å². The SMILES string of the molecule is COCCN(C(=O)C1CNCC1C)C(C)C1CC1. The van der Waals surface area contributed by atoms with Crippen LogP contribution < -0.4 is 5.32 Å². The van der Waals surface area contributed by atoms with Gasteiger partial charge >= 0.3 is 0 Å². The Labute approximate surface area is 110 Å². The second-order valence-corrected chi connectivity index (χ2v) is 5.84. The van der Waals surface area contributed by atoms with Crippen LogP contribution in [0, 0.1) is 17.8 Å². The molecule has 2 fully saturated rings. The fourth-order valence-corrected chi connectivity index (χ4v) is 2.89. The maximum absolute atomic E-state index is 12.7. The van der Waals surface area contributed by atoms with E-state index in [1.165, 1.54) is 12.8 Å². The molecule has 1 N–H and O–H groups in total. The molecule has 1 amide bonds. The summed E-state index contributed by atoms with van der Waals surface area (Å²) in [5, 5.41) is 3.32. The van der Waals surface area contributed by atoms with Crippen molar-refractivity contribution in [3.63, 3.8) is 0 Å². The van der Waals surface area contributed by atoms with Gasteiger partial charge in [-0.25, -0.2) is 0 Å². The predicted octanol–water partition coefficient (Wildman–Crippen LogP) is 1.12. The third kappa shape index (κ3) is 3.04. The molecule has 0 radical (unpaired) electrons. The van der Waals surface area contributed by atoms with Gasteiger partial charge in [0.15, 0.2) is 0 Å². The zero-order valence-electron chi connectivity index (χ0n) is 11.8. The minimum Gasteiger partial charge on any atom is -0.383 e. The van der Waals surface area contributed by atoms with E-state index in [0.717, 1.165) is 25.6 Å². The Morgan fingerprint density at radius 3 is 2.67 bits per heavy atom. The highest BCUT2D eigenvalue weighted by atomic mass is 16.5. The number of hydrogen-bond donors (Lipinski definition) is 1. The molecule has 0 aromatic heterocycles. The highest BCUT2D eigenvalue weighted by Crippen LogP contribution is 2.36. The van der Waals surface area contributed by atoms with Gasteiger partial charge in [-0.2, -0.15) is 0 Å². The first-order valence-electron chi connectivity index (χ1n) is 7.15. The zero-order valence-corrected chi connectivity index (χ0v) is 11.8. The van der Waals surface area contributed by atoms with Gasteiger partial charge in [0.2, 0.25) is 5.91 Å². The molecule has 0 bridgehead atoms. The quantitative estimate of drug-likeness (QED) is 0.772. The number of hydrogen-bond acceptors (Lipinski definition) is 3. The number of carbonyl (C=O) groups is 1. The van der Waals surface area contributed by atoms with Crippen LogP contribution in [0.15, 0.2) is 0 Å². The summed E-state index contributed by atoms with van der Waals surface area (Å²) >= 11 is 0. The molecule has 1 saturated carbocycles. The topological polar surface area (TPSA) is 41.6 Å². The molecule has 2 rings (SSSR count). The van der Waals surface area contributed by atoms with Crippen LogP contribution in [0.4, 0.5) is 0 Å². The minimum absolute atomic E-state index is 0.156. The van der Waals surface area contributed by atoms with E-state index in [2.05, 4.69) is 24.1 Å². The number of nitrogens with zero attached hydrogens (tertiary/aromatic N) is 1. The number of ether oxygens (including phenoxy) is 1. The molecule has 1 aliphatic heterocycles. The van der Waals surface area contributed by atoms with E-state index in [-0.39, 0.29) is 5.92 Å². The van der Waals surface area contributed by atoms with Crippen molar-refractivity contribution in [2.24, 2.45) is 17.8 Å². The summed E-state index contributed by atoms with van der Waals surface area (Å²) in [6, 6.07) is 0.375. The Morgan fingerprint density at radius 2 is 2.17 bits per heavy atom. The van der Waals surface area contributed by atoms with Crippen molar-refractivity contribution in [3.05, 3.63) is 0 Å². The Bertz CT molecular complexity index is 292. The van der Waals surface area contributed by atoms with Crippen LogP contribution in [-0.4, -0.2) is 50.2 Å².